The van der Waals surface area contributed by atoms with E-state index < -0.39 is 0 Å². The van der Waals surface area contributed by atoms with E-state index in [1.54, 1.807) is 35.2 Å². The zero-order valence-electron chi connectivity index (χ0n) is 14.7. The molecule has 0 atom stereocenters. The molecule has 0 bridgehead atoms. The SMILES string of the molecule is Cc1cc(NC(=O)c2ccc3c(c2)OCO3)n(-c2nc(-c3ccco3)cs2)n1. The van der Waals surface area contributed by atoms with Gasteiger partial charge in [-0.05, 0) is 37.3 Å². The van der Waals surface area contributed by atoms with E-state index in [9.17, 15) is 4.79 Å². The van der Waals surface area contributed by atoms with Gasteiger partial charge in [-0.2, -0.15) is 9.78 Å². The molecule has 0 radical (unpaired) electrons. The second-order valence-corrected chi connectivity index (χ2v) is 6.93. The van der Waals surface area contributed by atoms with Crippen LogP contribution in [0.15, 0.2) is 52.5 Å². The first kappa shape index (κ1) is 16.6. The predicted octanol–water partition coefficient (Wildman–Crippen LogP) is 3.88. The average molecular weight is 394 g/mol. The molecule has 0 aliphatic carbocycles. The minimum absolute atomic E-state index is 0.161. The summed E-state index contributed by atoms with van der Waals surface area (Å²) in [6.45, 7) is 2.02. The van der Waals surface area contributed by atoms with E-state index in [1.165, 1.54) is 11.3 Å². The lowest BCUT2D eigenvalue weighted by Crippen LogP contribution is -2.15. The Hall–Kier alpha value is -3.59. The summed E-state index contributed by atoms with van der Waals surface area (Å²) in [5.41, 5.74) is 1.94. The summed E-state index contributed by atoms with van der Waals surface area (Å²) in [5, 5.41) is 9.85. The van der Waals surface area contributed by atoms with Crippen LogP contribution in [-0.4, -0.2) is 27.5 Å². The highest BCUT2D eigenvalue weighted by atomic mass is 32.1. The van der Waals surface area contributed by atoms with Crippen LogP contribution in [0.1, 0.15) is 16.1 Å². The third kappa shape index (κ3) is 2.91. The fourth-order valence-electron chi connectivity index (χ4n) is 2.86. The second kappa shape index (κ2) is 6.54. The van der Waals surface area contributed by atoms with Crippen molar-refractivity contribution >= 4 is 23.1 Å². The Balaban J connectivity index is 1.43. The summed E-state index contributed by atoms with van der Waals surface area (Å²) in [7, 11) is 0. The number of carbonyl (C=O) groups is 1. The molecule has 0 spiro atoms. The van der Waals surface area contributed by atoms with E-state index in [0.29, 0.717) is 39.5 Å². The van der Waals surface area contributed by atoms with Gasteiger partial charge in [0.25, 0.3) is 5.91 Å². The molecule has 0 saturated heterocycles. The maximum Gasteiger partial charge on any atom is 0.256 e. The molecule has 9 heteroatoms. The van der Waals surface area contributed by atoms with Gasteiger partial charge < -0.3 is 19.2 Å². The molecule has 1 amide bonds. The standard InChI is InChI=1S/C19H14N4O4S/c1-11-7-17(21-18(24)12-4-5-15-16(8-12)27-10-26-15)23(22-11)19-20-13(9-28-19)14-3-2-6-25-14/h2-9H,10H2,1H3,(H,21,24). The molecular weight excluding hydrogens is 380 g/mol. The molecule has 0 saturated carbocycles. The smallest absolute Gasteiger partial charge is 0.256 e. The number of amides is 1. The van der Waals surface area contributed by atoms with E-state index >= 15 is 0 Å². The van der Waals surface area contributed by atoms with Gasteiger partial charge in [-0.15, -0.1) is 11.3 Å². The number of fused-ring (bicyclic) bond motifs is 1. The molecule has 1 aromatic carbocycles. The Morgan fingerprint density at radius 3 is 2.96 bits per heavy atom. The normalized spacial score (nSPS) is 12.3. The lowest BCUT2D eigenvalue weighted by atomic mass is 10.2. The van der Waals surface area contributed by atoms with E-state index in [-0.39, 0.29) is 12.7 Å². The predicted molar refractivity (Wildman–Crippen MR) is 102 cm³/mol. The number of hydrogen-bond acceptors (Lipinski definition) is 7. The third-order valence-corrected chi connectivity index (χ3v) is 4.97. The van der Waals surface area contributed by atoms with E-state index in [0.717, 1.165) is 5.69 Å². The van der Waals surface area contributed by atoms with Crippen LogP contribution in [0, 0.1) is 6.92 Å². The molecule has 4 heterocycles. The van der Waals surface area contributed by atoms with Crippen LogP contribution in [0.3, 0.4) is 0 Å². The summed E-state index contributed by atoms with van der Waals surface area (Å²) in [4.78, 5) is 17.3. The fourth-order valence-corrected chi connectivity index (χ4v) is 3.64. The topological polar surface area (TPSA) is 91.4 Å². The van der Waals surface area contributed by atoms with Crippen molar-refractivity contribution < 1.29 is 18.7 Å². The van der Waals surface area contributed by atoms with E-state index in [2.05, 4.69) is 15.4 Å². The van der Waals surface area contributed by atoms with Crippen molar-refractivity contribution in [1.82, 2.24) is 14.8 Å². The van der Waals surface area contributed by atoms with Crippen molar-refractivity contribution in [2.75, 3.05) is 12.1 Å². The number of furan rings is 1. The average Bonchev–Trinajstić information content (AvgIpc) is 3.47. The first-order chi connectivity index (χ1) is 13.7. The molecular formula is C19H14N4O4S. The first-order valence-electron chi connectivity index (χ1n) is 8.45. The van der Waals surface area contributed by atoms with Gasteiger partial charge in [0.05, 0.1) is 12.0 Å². The van der Waals surface area contributed by atoms with Crippen LogP contribution in [0.4, 0.5) is 5.82 Å². The van der Waals surface area contributed by atoms with E-state index in [4.69, 9.17) is 13.9 Å². The van der Waals surface area contributed by atoms with Crippen molar-refractivity contribution in [2.24, 2.45) is 0 Å². The number of thiazole rings is 1. The Labute approximate surface area is 163 Å². The molecule has 5 rings (SSSR count). The minimum atomic E-state index is -0.276. The van der Waals surface area contributed by atoms with Gasteiger partial charge in [-0.3, -0.25) is 4.79 Å². The maximum atomic E-state index is 12.7. The number of aromatic nitrogens is 3. The number of hydrogen-bond donors (Lipinski definition) is 1. The van der Waals surface area contributed by atoms with Gasteiger partial charge in [-0.25, -0.2) is 4.98 Å². The van der Waals surface area contributed by atoms with Gasteiger partial charge in [-0.1, -0.05) is 0 Å². The molecule has 28 heavy (non-hydrogen) atoms. The third-order valence-electron chi connectivity index (χ3n) is 4.15. The van der Waals surface area contributed by atoms with Crippen molar-refractivity contribution in [2.45, 2.75) is 6.92 Å². The molecule has 1 N–H and O–H groups in total. The van der Waals surface area contributed by atoms with Crippen LogP contribution in [0.25, 0.3) is 16.6 Å². The number of ether oxygens (including phenoxy) is 2. The molecule has 4 aromatic rings. The second-order valence-electron chi connectivity index (χ2n) is 6.10. The largest absolute Gasteiger partial charge is 0.463 e. The summed E-state index contributed by atoms with van der Waals surface area (Å²) in [5.74, 6) is 2.12. The molecule has 1 aliphatic heterocycles. The van der Waals surface area contributed by atoms with E-state index in [1.807, 2.05) is 24.4 Å². The summed E-state index contributed by atoms with van der Waals surface area (Å²) in [6, 6.07) is 10.5. The Bertz CT molecular complexity index is 1160. The van der Waals surface area contributed by atoms with Crippen LogP contribution in [0.2, 0.25) is 0 Å². The van der Waals surface area contributed by atoms with Crippen molar-refractivity contribution in [3.8, 4) is 28.1 Å². The molecule has 140 valence electrons. The van der Waals surface area contributed by atoms with Gasteiger partial charge in [0.15, 0.2) is 17.3 Å². The number of anilines is 1. The first-order valence-corrected chi connectivity index (χ1v) is 9.33. The van der Waals surface area contributed by atoms with Gasteiger partial charge in [0.2, 0.25) is 11.9 Å². The zero-order valence-corrected chi connectivity index (χ0v) is 15.5. The quantitative estimate of drug-likeness (QED) is 0.565. The van der Waals surface area contributed by atoms with Crippen LogP contribution in [0.5, 0.6) is 11.5 Å². The number of rotatable bonds is 4. The Morgan fingerprint density at radius 1 is 1.21 bits per heavy atom. The van der Waals surface area contributed by atoms with Crippen molar-refractivity contribution in [3.63, 3.8) is 0 Å². The molecule has 1 aliphatic rings. The monoisotopic (exact) mass is 394 g/mol. The molecule has 0 unspecified atom stereocenters. The molecule has 8 nitrogen and oxygen atoms in total. The highest BCUT2D eigenvalue weighted by Crippen LogP contribution is 2.33. The van der Waals surface area contributed by atoms with Crippen LogP contribution < -0.4 is 14.8 Å². The van der Waals surface area contributed by atoms with Gasteiger partial charge >= 0.3 is 0 Å². The number of benzene rings is 1. The zero-order chi connectivity index (χ0) is 19.1. The lowest BCUT2D eigenvalue weighted by Gasteiger charge is -2.07. The van der Waals surface area contributed by atoms with Gasteiger partial charge in [0.1, 0.15) is 11.5 Å². The van der Waals surface area contributed by atoms with Crippen LogP contribution in [-0.2, 0) is 0 Å². The lowest BCUT2D eigenvalue weighted by molar-refractivity contribution is 0.102. The molecule has 0 fully saturated rings. The summed E-state index contributed by atoms with van der Waals surface area (Å²) in [6.07, 6.45) is 1.60. The minimum Gasteiger partial charge on any atom is -0.463 e. The highest BCUT2D eigenvalue weighted by Gasteiger charge is 2.19. The number of aryl methyl sites for hydroxylation is 1. The van der Waals surface area contributed by atoms with Crippen LogP contribution >= 0.6 is 11.3 Å². The number of carbonyl (C=O) groups excluding carboxylic acids is 1. The summed E-state index contributed by atoms with van der Waals surface area (Å²) < 4.78 is 17.6. The maximum absolute atomic E-state index is 12.7. The Kier molecular flexibility index (Phi) is 3.87. The van der Waals surface area contributed by atoms with Crippen molar-refractivity contribution in [1.29, 1.82) is 0 Å². The Morgan fingerprint density at radius 2 is 2.11 bits per heavy atom. The highest BCUT2D eigenvalue weighted by molar-refractivity contribution is 7.12. The summed E-state index contributed by atoms with van der Waals surface area (Å²) >= 11 is 1.41. The molecule has 3 aromatic heterocycles. The number of nitrogens with one attached hydrogen (secondary N) is 1. The van der Waals surface area contributed by atoms with Crippen molar-refractivity contribution in [3.05, 3.63) is 59.3 Å². The fraction of sp³-hybridized carbons (Fsp3) is 0.105. The number of nitrogens with zero attached hydrogens (tertiary/aromatic N) is 3. The van der Waals surface area contributed by atoms with Gasteiger partial charge in [0, 0.05) is 17.0 Å².